The van der Waals surface area contributed by atoms with Crippen molar-refractivity contribution in [1.29, 1.82) is 0 Å². The van der Waals surface area contributed by atoms with Crippen molar-refractivity contribution in [2.75, 3.05) is 13.1 Å². The van der Waals surface area contributed by atoms with Crippen LogP contribution in [0.5, 0.6) is 0 Å². The molecule has 3 aromatic rings. The van der Waals surface area contributed by atoms with Gasteiger partial charge in [0.2, 0.25) is 0 Å². The van der Waals surface area contributed by atoms with E-state index in [1.54, 1.807) is 10.9 Å². The zero-order chi connectivity index (χ0) is 16.4. The molecule has 24 heavy (non-hydrogen) atoms. The molecule has 0 aliphatic carbocycles. The van der Waals surface area contributed by atoms with Gasteiger partial charge >= 0.3 is 0 Å². The van der Waals surface area contributed by atoms with Gasteiger partial charge in [-0.05, 0) is 38.1 Å². The smallest absolute Gasteiger partial charge is 0.273 e. The molecule has 0 unspecified atom stereocenters. The van der Waals surface area contributed by atoms with Crippen molar-refractivity contribution in [2.24, 2.45) is 0 Å². The lowest BCUT2D eigenvalue weighted by Crippen LogP contribution is -2.29. The number of hydrogen-bond acceptors (Lipinski definition) is 5. The molecule has 1 aromatic carbocycles. The molecule has 1 aliphatic rings. The maximum Gasteiger partial charge on any atom is 0.273 e. The summed E-state index contributed by atoms with van der Waals surface area (Å²) in [7, 11) is 0. The number of amides is 1. The Bertz CT molecular complexity index is 814. The normalized spacial score (nSPS) is 15.7. The van der Waals surface area contributed by atoms with Crippen LogP contribution in [0.2, 0.25) is 0 Å². The predicted octanol–water partition coefficient (Wildman–Crippen LogP) is 1.01. The molecule has 2 aromatic heterocycles. The summed E-state index contributed by atoms with van der Waals surface area (Å²) in [6.07, 6.45) is 3.73. The highest BCUT2D eigenvalue weighted by atomic mass is 16.2. The first-order valence-electron chi connectivity index (χ1n) is 8.14. The maximum absolute atomic E-state index is 12.2. The standard InChI is InChI=1S/C16H19N7O/c24-16(14-10-23(22-21-14)11-5-7-17-8-6-11)18-9-15-19-12-3-1-2-4-13(12)20-15/h1-4,10-11,17H,5-9H2,(H,18,24)(H,19,20). The molecule has 0 bridgehead atoms. The summed E-state index contributed by atoms with van der Waals surface area (Å²) in [6.45, 7) is 2.27. The third-order valence-electron chi connectivity index (χ3n) is 4.28. The van der Waals surface area contributed by atoms with Crippen molar-refractivity contribution >= 4 is 16.9 Å². The number of aromatic amines is 1. The van der Waals surface area contributed by atoms with E-state index >= 15 is 0 Å². The Morgan fingerprint density at radius 1 is 1.29 bits per heavy atom. The van der Waals surface area contributed by atoms with Gasteiger partial charge in [0.05, 0.1) is 29.8 Å². The summed E-state index contributed by atoms with van der Waals surface area (Å²) < 4.78 is 1.80. The number of carbonyl (C=O) groups is 1. The van der Waals surface area contributed by atoms with Gasteiger partial charge in [-0.25, -0.2) is 9.67 Å². The first-order chi connectivity index (χ1) is 11.8. The van der Waals surface area contributed by atoms with Crippen LogP contribution >= 0.6 is 0 Å². The molecule has 124 valence electrons. The summed E-state index contributed by atoms with van der Waals surface area (Å²) in [5.74, 6) is 0.478. The van der Waals surface area contributed by atoms with E-state index in [9.17, 15) is 4.79 Å². The van der Waals surface area contributed by atoms with Gasteiger partial charge in [-0.1, -0.05) is 17.3 Å². The van der Waals surface area contributed by atoms with Gasteiger partial charge in [0.15, 0.2) is 5.69 Å². The lowest BCUT2D eigenvalue weighted by molar-refractivity contribution is 0.0945. The lowest BCUT2D eigenvalue weighted by atomic mass is 10.1. The van der Waals surface area contributed by atoms with Gasteiger partial charge in [-0.3, -0.25) is 4.79 Å². The number of nitrogens with one attached hydrogen (secondary N) is 3. The van der Waals surface area contributed by atoms with Crippen LogP contribution in [-0.4, -0.2) is 44.0 Å². The summed E-state index contributed by atoms with van der Waals surface area (Å²) in [6, 6.07) is 8.09. The van der Waals surface area contributed by atoms with Crippen molar-refractivity contribution in [3.63, 3.8) is 0 Å². The molecule has 8 nitrogen and oxygen atoms in total. The molecule has 3 heterocycles. The maximum atomic E-state index is 12.2. The molecular weight excluding hydrogens is 306 g/mol. The van der Waals surface area contributed by atoms with E-state index in [2.05, 4.69) is 30.9 Å². The highest BCUT2D eigenvalue weighted by molar-refractivity contribution is 5.91. The van der Waals surface area contributed by atoms with Crippen LogP contribution in [0.3, 0.4) is 0 Å². The van der Waals surface area contributed by atoms with Gasteiger partial charge in [0, 0.05) is 0 Å². The Hall–Kier alpha value is -2.74. The second-order valence-electron chi connectivity index (χ2n) is 5.95. The largest absolute Gasteiger partial charge is 0.343 e. The molecule has 1 saturated heterocycles. The van der Waals surface area contributed by atoms with E-state index in [1.165, 1.54) is 0 Å². The second kappa shape index (κ2) is 6.40. The SMILES string of the molecule is O=C(NCc1nc2ccccc2[nH]1)c1cn(C2CCNCC2)nn1. The summed E-state index contributed by atoms with van der Waals surface area (Å²) in [5.41, 5.74) is 2.18. The highest BCUT2D eigenvalue weighted by Gasteiger charge is 2.18. The molecule has 1 aliphatic heterocycles. The topological polar surface area (TPSA) is 101 Å². The fourth-order valence-electron chi connectivity index (χ4n) is 2.97. The minimum atomic E-state index is -0.240. The van der Waals surface area contributed by atoms with Gasteiger partial charge in [-0.2, -0.15) is 0 Å². The second-order valence-corrected chi connectivity index (χ2v) is 5.95. The van der Waals surface area contributed by atoms with Gasteiger partial charge in [-0.15, -0.1) is 5.10 Å². The third-order valence-corrected chi connectivity index (χ3v) is 4.28. The fraction of sp³-hybridized carbons (Fsp3) is 0.375. The Balaban J connectivity index is 1.39. The van der Waals surface area contributed by atoms with Gasteiger partial charge in [0.1, 0.15) is 5.82 Å². The number of fused-ring (bicyclic) bond motifs is 1. The Morgan fingerprint density at radius 3 is 2.96 bits per heavy atom. The molecule has 0 spiro atoms. The number of H-pyrrole nitrogens is 1. The summed E-state index contributed by atoms with van der Waals surface area (Å²) in [4.78, 5) is 19.9. The number of imidazole rings is 1. The van der Waals surface area contributed by atoms with E-state index in [1.807, 2.05) is 24.3 Å². The van der Waals surface area contributed by atoms with Gasteiger partial charge in [0.25, 0.3) is 5.91 Å². The van der Waals surface area contributed by atoms with Crippen LogP contribution in [0.4, 0.5) is 0 Å². The zero-order valence-corrected chi connectivity index (χ0v) is 13.2. The zero-order valence-electron chi connectivity index (χ0n) is 13.2. The molecule has 0 saturated carbocycles. The molecule has 4 rings (SSSR count). The van der Waals surface area contributed by atoms with Gasteiger partial charge < -0.3 is 15.6 Å². The van der Waals surface area contributed by atoms with Crippen LogP contribution in [-0.2, 0) is 6.54 Å². The van der Waals surface area contributed by atoms with E-state index < -0.39 is 0 Å². The number of aromatic nitrogens is 5. The van der Waals surface area contributed by atoms with Crippen molar-refractivity contribution < 1.29 is 4.79 Å². The van der Waals surface area contributed by atoms with Crippen LogP contribution in [0.25, 0.3) is 11.0 Å². The predicted molar refractivity (Wildman–Crippen MR) is 88.4 cm³/mol. The number of carbonyl (C=O) groups excluding carboxylic acids is 1. The lowest BCUT2D eigenvalue weighted by Gasteiger charge is -2.22. The number of rotatable bonds is 4. The first-order valence-corrected chi connectivity index (χ1v) is 8.14. The van der Waals surface area contributed by atoms with Crippen LogP contribution < -0.4 is 10.6 Å². The molecule has 0 radical (unpaired) electrons. The molecule has 1 fully saturated rings. The Kier molecular flexibility index (Phi) is 3.96. The molecule has 3 N–H and O–H groups in total. The monoisotopic (exact) mass is 325 g/mol. The van der Waals surface area contributed by atoms with Crippen LogP contribution in [0, 0.1) is 0 Å². The first kappa shape index (κ1) is 14.8. The minimum Gasteiger partial charge on any atom is -0.343 e. The Labute approximate surface area is 138 Å². The van der Waals surface area contributed by atoms with Crippen LogP contribution in [0.15, 0.2) is 30.5 Å². The van der Waals surface area contributed by atoms with Crippen molar-refractivity contribution in [1.82, 2.24) is 35.6 Å². The van der Waals surface area contributed by atoms with Crippen LogP contribution in [0.1, 0.15) is 35.2 Å². The quantitative estimate of drug-likeness (QED) is 0.665. The third kappa shape index (κ3) is 3.00. The molecule has 8 heteroatoms. The molecule has 0 atom stereocenters. The molecule has 1 amide bonds. The van der Waals surface area contributed by atoms with E-state index in [-0.39, 0.29) is 5.91 Å². The number of hydrogen-bond donors (Lipinski definition) is 3. The number of nitrogens with zero attached hydrogens (tertiary/aromatic N) is 4. The van der Waals surface area contributed by atoms with Crippen molar-refractivity contribution in [3.05, 3.63) is 42.0 Å². The minimum absolute atomic E-state index is 0.240. The highest BCUT2D eigenvalue weighted by Crippen LogP contribution is 2.17. The van der Waals surface area contributed by atoms with Crippen molar-refractivity contribution in [2.45, 2.75) is 25.4 Å². The number of benzene rings is 1. The van der Waals surface area contributed by atoms with E-state index in [0.717, 1.165) is 42.8 Å². The number of para-hydroxylation sites is 2. The molecular formula is C16H19N7O. The summed E-state index contributed by atoms with van der Waals surface area (Å²) in [5, 5.41) is 14.2. The fourth-order valence-corrected chi connectivity index (χ4v) is 2.97. The average molecular weight is 325 g/mol. The Morgan fingerprint density at radius 2 is 2.12 bits per heavy atom. The van der Waals surface area contributed by atoms with E-state index in [0.29, 0.717) is 18.3 Å². The average Bonchev–Trinajstić information content (AvgIpc) is 3.27. The van der Waals surface area contributed by atoms with Crippen molar-refractivity contribution in [3.8, 4) is 0 Å². The summed E-state index contributed by atoms with van der Waals surface area (Å²) >= 11 is 0. The van der Waals surface area contributed by atoms with E-state index in [4.69, 9.17) is 0 Å². The number of piperidine rings is 1.